The lowest BCUT2D eigenvalue weighted by atomic mass is 9.86. The molecule has 124 valence electrons. The third kappa shape index (κ3) is 4.92. The topological polar surface area (TPSA) is 27.7 Å². The third-order valence-corrected chi connectivity index (χ3v) is 5.25. The number of ether oxygens (including phenoxy) is 1. The minimum atomic E-state index is 0.336. The predicted octanol–water partition coefficient (Wildman–Crippen LogP) is 1.81. The Kier molecular flexibility index (Phi) is 6.48. The van der Waals surface area contributed by atoms with Crippen molar-refractivity contribution in [3.63, 3.8) is 0 Å². The first kappa shape index (κ1) is 17.2. The lowest BCUT2D eigenvalue weighted by Crippen LogP contribution is -2.54. The molecule has 2 fully saturated rings. The van der Waals surface area contributed by atoms with Crippen molar-refractivity contribution < 1.29 is 4.74 Å². The van der Waals surface area contributed by atoms with E-state index >= 15 is 0 Å². The minimum absolute atomic E-state index is 0.336. The monoisotopic (exact) mass is 297 g/mol. The summed E-state index contributed by atoms with van der Waals surface area (Å²) in [4.78, 5) is 5.30. The van der Waals surface area contributed by atoms with Crippen LogP contribution in [0.5, 0.6) is 0 Å². The van der Waals surface area contributed by atoms with Crippen molar-refractivity contribution in [1.82, 2.24) is 15.1 Å². The molecule has 0 amide bonds. The van der Waals surface area contributed by atoms with Crippen molar-refractivity contribution in [2.45, 2.75) is 52.6 Å². The number of hydrogen-bond donors (Lipinski definition) is 1. The highest BCUT2D eigenvalue weighted by Gasteiger charge is 2.37. The summed E-state index contributed by atoms with van der Waals surface area (Å²) in [5, 5.41) is 3.64. The first-order chi connectivity index (χ1) is 10.0. The van der Waals surface area contributed by atoms with Crippen molar-refractivity contribution in [3.8, 4) is 0 Å². The van der Waals surface area contributed by atoms with Crippen LogP contribution in [0.25, 0.3) is 0 Å². The maximum Gasteiger partial charge on any atom is 0.0547 e. The highest BCUT2D eigenvalue weighted by Crippen LogP contribution is 2.29. The van der Waals surface area contributed by atoms with Crippen molar-refractivity contribution in [2.24, 2.45) is 5.41 Å². The molecule has 0 radical (unpaired) electrons. The summed E-state index contributed by atoms with van der Waals surface area (Å²) in [5.41, 5.74) is 0.336. The van der Waals surface area contributed by atoms with E-state index in [0.717, 1.165) is 25.8 Å². The molecule has 0 bridgehead atoms. The van der Waals surface area contributed by atoms with E-state index < -0.39 is 0 Å². The van der Waals surface area contributed by atoms with Gasteiger partial charge < -0.3 is 15.0 Å². The Balaban J connectivity index is 1.82. The molecule has 4 heteroatoms. The van der Waals surface area contributed by atoms with E-state index in [2.05, 4.69) is 42.8 Å². The van der Waals surface area contributed by atoms with Gasteiger partial charge in [0, 0.05) is 63.4 Å². The average molecular weight is 297 g/mol. The summed E-state index contributed by atoms with van der Waals surface area (Å²) in [5.74, 6) is 0. The van der Waals surface area contributed by atoms with Crippen molar-refractivity contribution >= 4 is 0 Å². The lowest BCUT2D eigenvalue weighted by molar-refractivity contribution is 0.0565. The summed E-state index contributed by atoms with van der Waals surface area (Å²) < 4.78 is 5.73. The fraction of sp³-hybridized carbons (Fsp3) is 1.00. The molecule has 2 atom stereocenters. The molecule has 0 spiro atoms. The van der Waals surface area contributed by atoms with Crippen LogP contribution in [0.15, 0.2) is 0 Å². The lowest BCUT2D eigenvalue weighted by Gasteiger charge is -2.41. The summed E-state index contributed by atoms with van der Waals surface area (Å²) in [6.07, 6.45) is 2.47. The molecule has 2 saturated heterocycles. The highest BCUT2D eigenvalue weighted by atomic mass is 16.5. The normalized spacial score (nSPS) is 30.1. The Bertz CT molecular complexity index is 294. The Hall–Kier alpha value is -0.160. The van der Waals surface area contributed by atoms with E-state index in [1.54, 1.807) is 0 Å². The van der Waals surface area contributed by atoms with E-state index in [-0.39, 0.29) is 0 Å². The molecule has 0 saturated carbocycles. The first-order valence-electron chi connectivity index (χ1n) is 8.82. The van der Waals surface area contributed by atoms with Gasteiger partial charge in [-0.2, -0.15) is 0 Å². The molecule has 0 aliphatic carbocycles. The molecular weight excluding hydrogens is 262 g/mol. The second kappa shape index (κ2) is 7.91. The standard InChI is InChI=1S/C17H35N3O/c1-5-16(4)20-9-7-19(8-10-20)13-17(6-11-21-14-17)12-18-15(2)3/h15-16,18H,5-14H2,1-4H3. The number of piperazine rings is 1. The van der Waals surface area contributed by atoms with Crippen LogP contribution in [0.2, 0.25) is 0 Å². The van der Waals surface area contributed by atoms with Gasteiger partial charge in [-0.05, 0) is 19.8 Å². The fourth-order valence-corrected chi connectivity index (χ4v) is 3.48. The first-order valence-corrected chi connectivity index (χ1v) is 8.82. The second-order valence-corrected chi connectivity index (χ2v) is 7.41. The smallest absolute Gasteiger partial charge is 0.0547 e. The minimum Gasteiger partial charge on any atom is -0.381 e. The molecule has 2 heterocycles. The zero-order chi connectivity index (χ0) is 15.3. The molecule has 0 aromatic carbocycles. The Morgan fingerprint density at radius 2 is 1.86 bits per heavy atom. The van der Waals surface area contributed by atoms with Gasteiger partial charge in [0.2, 0.25) is 0 Å². The molecule has 21 heavy (non-hydrogen) atoms. The van der Waals surface area contributed by atoms with E-state index in [4.69, 9.17) is 4.74 Å². The Morgan fingerprint density at radius 1 is 1.14 bits per heavy atom. The van der Waals surface area contributed by atoms with Crippen LogP contribution < -0.4 is 5.32 Å². The SMILES string of the molecule is CCC(C)N1CCN(CC2(CNC(C)C)CCOC2)CC1. The molecule has 0 aromatic rings. The molecule has 4 nitrogen and oxygen atoms in total. The summed E-state index contributed by atoms with van der Waals surface area (Å²) in [6, 6.07) is 1.29. The Labute approximate surface area is 131 Å². The van der Waals surface area contributed by atoms with Gasteiger partial charge in [0.25, 0.3) is 0 Å². The second-order valence-electron chi connectivity index (χ2n) is 7.41. The third-order valence-electron chi connectivity index (χ3n) is 5.25. The van der Waals surface area contributed by atoms with Crippen molar-refractivity contribution in [2.75, 3.05) is 52.5 Å². The summed E-state index contributed by atoms with van der Waals surface area (Å²) >= 11 is 0. The van der Waals surface area contributed by atoms with Crippen molar-refractivity contribution in [3.05, 3.63) is 0 Å². The number of nitrogens with one attached hydrogen (secondary N) is 1. The van der Waals surface area contributed by atoms with Crippen LogP contribution in [0.4, 0.5) is 0 Å². The molecule has 2 aliphatic rings. The van der Waals surface area contributed by atoms with Crippen LogP contribution >= 0.6 is 0 Å². The fourth-order valence-electron chi connectivity index (χ4n) is 3.48. The molecule has 2 unspecified atom stereocenters. The number of hydrogen-bond acceptors (Lipinski definition) is 4. The molecular formula is C17H35N3O. The van der Waals surface area contributed by atoms with E-state index in [1.165, 1.54) is 45.6 Å². The zero-order valence-corrected chi connectivity index (χ0v) is 14.5. The Morgan fingerprint density at radius 3 is 2.38 bits per heavy atom. The van der Waals surface area contributed by atoms with Gasteiger partial charge in [-0.1, -0.05) is 20.8 Å². The summed E-state index contributed by atoms with van der Waals surface area (Å²) in [6.45, 7) is 18.1. The van der Waals surface area contributed by atoms with Gasteiger partial charge in [-0.25, -0.2) is 0 Å². The van der Waals surface area contributed by atoms with Crippen LogP contribution in [0.3, 0.4) is 0 Å². The predicted molar refractivity (Wildman–Crippen MR) is 88.8 cm³/mol. The van der Waals surface area contributed by atoms with Gasteiger partial charge in [0.15, 0.2) is 0 Å². The van der Waals surface area contributed by atoms with Gasteiger partial charge in [0.1, 0.15) is 0 Å². The molecule has 2 rings (SSSR count). The van der Waals surface area contributed by atoms with Gasteiger partial charge in [0.05, 0.1) is 6.61 Å². The van der Waals surface area contributed by atoms with Crippen LogP contribution in [-0.4, -0.2) is 74.4 Å². The number of nitrogens with zero attached hydrogens (tertiary/aromatic N) is 2. The van der Waals surface area contributed by atoms with Gasteiger partial charge in [-0.3, -0.25) is 4.90 Å². The maximum absolute atomic E-state index is 5.73. The largest absolute Gasteiger partial charge is 0.381 e. The van der Waals surface area contributed by atoms with Gasteiger partial charge in [-0.15, -0.1) is 0 Å². The van der Waals surface area contributed by atoms with Crippen LogP contribution in [0, 0.1) is 5.41 Å². The van der Waals surface area contributed by atoms with Crippen molar-refractivity contribution in [1.29, 1.82) is 0 Å². The van der Waals surface area contributed by atoms with Crippen LogP contribution in [-0.2, 0) is 4.74 Å². The van der Waals surface area contributed by atoms with E-state index in [0.29, 0.717) is 11.5 Å². The van der Waals surface area contributed by atoms with Crippen LogP contribution in [0.1, 0.15) is 40.5 Å². The van der Waals surface area contributed by atoms with E-state index in [1.807, 2.05) is 0 Å². The quantitative estimate of drug-likeness (QED) is 0.775. The highest BCUT2D eigenvalue weighted by molar-refractivity contribution is 4.90. The van der Waals surface area contributed by atoms with Gasteiger partial charge >= 0.3 is 0 Å². The number of rotatable bonds is 7. The summed E-state index contributed by atoms with van der Waals surface area (Å²) in [7, 11) is 0. The maximum atomic E-state index is 5.73. The molecule has 1 N–H and O–H groups in total. The molecule has 2 aliphatic heterocycles. The average Bonchev–Trinajstić information content (AvgIpc) is 2.94. The zero-order valence-electron chi connectivity index (χ0n) is 14.5. The van der Waals surface area contributed by atoms with E-state index in [9.17, 15) is 0 Å². The molecule has 0 aromatic heterocycles.